The number of anilines is 2. The maximum Gasteiger partial charge on any atom is 0.245 e. The number of nitrogens with one attached hydrogen (secondary N) is 1. The maximum absolute atomic E-state index is 12.3. The van der Waals surface area contributed by atoms with Crippen LogP contribution in [-0.4, -0.2) is 40.3 Å². The van der Waals surface area contributed by atoms with Crippen molar-refractivity contribution in [1.29, 1.82) is 0 Å². The van der Waals surface area contributed by atoms with Crippen LogP contribution in [0.3, 0.4) is 0 Å². The lowest BCUT2D eigenvalue weighted by Crippen LogP contribution is -2.37. The molecule has 25 heavy (non-hydrogen) atoms. The third-order valence-corrected chi connectivity index (χ3v) is 4.70. The normalized spacial score (nSPS) is 13.2. The molecule has 8 heteroatoms. The van der Waals surface area contributed by atoms with Gasteiger partial charge < -0.3 is 14.8 Å². The van der Waals surface area contributed by atoms with Gasteiger partial charge >= 0.3 is 0 Å². The minimum absolute atomic E-state index is 0.340. The second kappa shape index (κ2) is 7.02. The van der Waals surface area contributed by atoms with E-state index in [9.17, 15) is 13.2 Å². The first-order valence-electron chi connectivity index (χ1n) is 7.66. The van der Waals surface area contributed by atoms with Crippen molar-refractivity contribution < 1.29 is 22.7 Å². The summed E-state index contributed by atoms with van der Waals surface area (Å²) in [6.07, 6.45) is 1.06. The quantitative estimate of drug-likeness (QED) is 0.878. The van der Waals surface area contributed by atoms with E-state index in [1.807, 2.05) is 6.07 Å². The van der Waals surface area contributed by atoms with Gasteiger partial charge in [-0.15, -0.1) is 0 Å². The number of fused-ring (bicyclic) bond motifs is 1. The van der Waals surface area contributed by atoms with Crippen LogP contribution in [0.25, 0.3) is 0 Å². The minimum atomic E-state index is -3.66. The Morgan fingerprint density at radius 2 is 1.76 bits per heavy atom. The molecule has 2 aromatic rings. The molecule has 7 nitrogen and oxygen atoms in total. The Hall–Kier alpha value is -2.74. The van der Waals surface area contributed by atoms with Gasteiger partial charge in [0.25, 0.3) is 0 Å². The number of ether oxygens (including phenoxy) is 2. The van der Waals surface area contributed by atoms with E-state index in [1.165, 1.54) is 0 Å². The fourth-order valence-electron chi connectivity index (χ4n) is 2.44. The van der Waals surface area contributed by atoms with E-state index in [1.54, 1.807) is 42.5 Å². The Morgan fingerprint density at radius 3 is 2.44 bits per heavy atom. The van der Waals surface area contributed by atoms with Crippen molar-refractivity contribution in [3.05, 3.63) is 48.5 Å². The molecule has 0 saturated heterocycles. The van der Waals surface area contributed by atoms with Crippen LogP contribution < -0.4 is 19.1 Å². The first kappa shape index (κ1) is 17.1. The van der Waals surface area contributed by atoms with Crippen molar-refractivity contribution in [3.63, 3.8) is 0 Å². The first-order valence-corrected chi connectivity index (χ1v) is 9.50. The molecule has 1 N–H and O–H groups in total. The monoisotopic (exact) mass is 362 g/mol. The van der Waals surface area contributed by atoms with Crippen molar-refractivity contribution in [2.45, 2.75) is 0 Å². The number of rotatable bonds is 5. The van der Waals surface area contributed by atoms with E-state index >= 15 is 0 Å². The van der Waals surface area contributed by atoms with Gasteiger partial charge in [-0.3, -0.25) is 9.10 Å². The Bertz CT molecular complexity index is 868. The van der Waals surface area contributed by atoms with Gasteiger partial charge in [0.1, 0.15) is 19.8 Å². The van der Waals surface area contributed by atoms with Crippen LogP contribution in [0.2, 0.25) is 0 Å². The van der Waals surface area contributed by atoms with E-state index in [0.717, 1.165) is 10.6 Å². The number of amides is 1. The lowest BCUT2D eigenvalue weighted by atomic mass is 10.2. The molecule has 0 aromatic heterocycles. The summed E-state index contributed by atoms with van der Waals surface area (Å²) in [6, 6.07) is 13.6. The van der Waals surface area contributed by atoms with Crippen LogP contribution in [0.5, 0.6) is 11.5 Å². The van der Waals surface area contributed by atoms with Crippen LogP contribution >= 0.6 is 0 Å². The van der Waals surface area contributed by atoms with Gasteiger partial charge in [0, 0.05) is 11.8 Å². The third-order valence-electron chi connectivity index (χ3n) is 3.56. The molecule has 0 radical (unpaired) electrons. The Balaban J connectivity index is 1.82. The molecule has 0 spiro atoms. The zero-order valence-corrected chi connectivity index (χ0v) is 14.5. The Kier molecular flexibility index (Phi) is 4.80. The number of hydrogen-bond acceptors (Lipinski definition) is 5. The van der Waals surface area contributed by atoms with Crippen LogP contribution in [0.15, 0.2) is 48.5 Å². The van der Waals surface area contributed by atoms with E-state index in [2.05, 4.69) is 5.32 Å². The lowest BCUT2D eigenvalue weighted by molar-refractivity contribution is -0.114. The first-order chi connectivity index (χ1) is 11.9. The fraction of sp³-hybridized carbons (Fsp3) is 0.235. The van der Waals surface area contributed by atoms with Crippen molar-refractivity contribution in [3.8, 4) is 11.5 Å². The van der Waals surface area contributed by atoms with Crippen molar-refractivity contribution in [2.24, 2.45) is 0 Å². The largest absolute Gasteiger partial charge is 0.486 e. The van der Waals surface area contributed by atoms with Gasteiger partial charge in [-0.1, -0.05) is 18.2 Å². The zero-order valence-electron chi connectivity index (χ0n) is 13.6. The zero-order chi connectivity index (χ0) is 17.9. The van der Waals surface area contributed by atoms with E-state index in [-0.39, 0.29) is 6.54 Å². The fourth-order valence-corrected chi connectivity index (χ4v) is 3.29. The molecule has 132 valence electrons. The van der Waals surface area contributed by atoms with Crippen LogP contribution in [0, 0.1) is 0 Å². The van der Waals surface area contributed by atoms with Crippen molar-refractivity contribution in [1.82, 2.24) is 0 Å². The number of carbonyl (C=O) groups is 1. The number of carbonyl (C=O) groups excluding carboxylic acids is 1. The molecule has 0 atom stereocenters. The molecule has 3 rings (SSSR count). The molecule has 0 bridgehead atoms. The summed E-state index contributed by atoms with van der Waals surface area (Å²) in [7, 11) is -3.66. The van der Waals surface area contributed by atoms with Gasteiger partial charge in [0.15, 0.2) is 11.5 Å². The van der Waals surface area contributed by atoms with E-state index in [0.29, 0.717) is 36.1 Å². The smallest absolute Gasteiger partial charge is 0.245 e. The Morgan fingerprint density at radius 1 is 1.08 bits per heavy atom. The SMILES string of the molecule is CS(=O)(=O)N(CC(=O)Nc1ccccc1)c1ccc2c(c1)OCCO2. The van der Waals surface area contributed by atoms with Gasteiger partial charge in [-0.25, -0.2) is 8.42 Å². The maximum atomic E-state index is 12.3. The summed E-state index contributed by atoms with van der Waals surface area (Å²) in [4.78, 5) is 12.3. The van der Waals surface area contributed by atoms with Crippen LogP contribution in [-0.2, 0) is 14.8 Å². The minimum Gasteiger partial charge on any atom is -0.486 e. The molecule has 1 aliphatic heterocycles. The number of nitrogens with zero attached hydrogens (tertiary/aromatic N) is 1. The van der Waals surface area contributed by atoms with E-state index < -0.39 is 15.9 Å². The lowest BCUT2D eigenvalue weighted by Gasteiger charge is -2.24. The molecule has 0 fully saturated rings. The molecule has 1 aliphatic rings. The molecule has 2 aromatic carbocycles. The van der Waals surface area contributed by atoms with Gasteiger partial charge in [-0.2, -0.15) is 0 Å². The van der Waals surface area contributed by atoms with Crippen LogP contribution in [0.4, 0.5) is 11.4 Å². The second-order valence-corrected chi connectivity index (χ2v) is 7.42. The number of para-hydroxylation sites is 1. The highest BCUT2D eigenvalue weighted by Gasteiger charge is 2.23. The summed E-state index contributed by atoms with van der Waals surface area (Å²) in [5.74, 6) is 0.574. The highest BCUT2D eigenvalue weighted by Crippen LogP contribution is 2.34. The topological polar surface area (TPSA) is 84.9 Å². The standard InChI is InChI=1S/C17H18N2O5S/c1-25(21,22)19(12-17(20)18-13-5-3-2-4-6-13)14-7-8-15-16(11-14)24-10-9-23-15/h2-8,11H,9-10,12H2,1H3,(H,18,20). The van der Waals surface area contributed by atoms with Gasteiger partial charge in [-0.05, 0) is 24.3 Å². The highest BCUT2D eigenvalue weighted by molar-refractivity contribution is 7.92. The summed E-state index contributed by atoms with van der Waals surface area (Å²) in [5, 5.41) is 2.68. The molecule has 0 saturated carbocycles. The van der Waals surface area contributed by atoms with Crippen molar-refractivity contribution in [2.75, 3.05) is 35.6 Å². The highest BCUT2D eigenvalue weighted by atomic mass is 32.2. The summed E-state index contributed by atoms with van der Waals surface area (Å²) >= 11 is 0. The third kappa shape index (κ3) is 4.21. The number of hydrogen-bond donors (Lipinski definition) is 1. The summed E-state index contributed by atoms with van der Waals surface area (Å²) < 4.78 is 36.3. The predicted molar refractivity (Wildman–Crippen MR) is 94.7 cm³/mol. The van der Waals surface area contributed by atoms with Crippen molar-refractivity contribution >= 4 is 27.3 Å². The van der Waals surface area contributed by atoms with Crippen LogP contribution in [0.1, 0.15) is 0 Å². The molecular formula is C17H18N2O5S. The summed E-state index contributed by atoms with van der Waals surface area (Å²) in [5.41, 5.74) is 0.943. The van der Waals surface area contributed by atoms with Gasteiger partial charge in [0.2, 0.25) is 15.9 Å². The average molecular weight is 362 g/mol. The Labute approximate surface area is 146 Å². The number of benzene rings is 2. The molecule has 0 aliphatic carbocycles. The second-order valence-electron chi connectivity index (χ2n) is 5.51. The van der Waals surface area contributed by atoms with Gasteiger partial charge in [0.05, 0.1) is 11.9 Å². The summed E-state index contributed by atoms with van der Waals surface area (Å²) in [6.45, 7) is 0.499. The number of sulfonamides is 1. The predicted octanol–water partition coefficient (Wildman–Crippen LogP) is 1.86. The molecule has 1 amide bonds. The molecule has 0 unspecified atom stereocenters. The average Bonchev–Trinajstić information content (AvgIpc) is 2.59. The molecule has 1 heterocycles. The molecular weight excluding hydrogens is 344 g/mol. The van der Waals surface area contributed by atoms with E-state index in [4.69, 9.17) is 9.47 Å².